The molecule has 0 bridgehead atoms. The lowest BCUT2D eigenvalue weighted by Gasteiger charge is -2.11. The number of fused-ring (bicyclic) bond motifs is 2. The Morgan fingerprint density at radius 1 is 0.656 bits per heavy atom. The third-order valence-electron chi connectivity index (χ3n) is 5.56. The van der Waals surface area contributed by atoms with Gasteiger partial charge in [-0.1, -0.05) is 72.8 Å². The van der Waals surface area contributed by atoms with Crippen LogP contribution < -0.4 is 5.32 Å². The fourth-order valence-electron chi connectivity index (χ4n) is 3.99. The van der Waals surface area contributed by atoms with E-state index in [-0.39, 0.29) is 0 Å². The molecule has 0 aliphatic rings. The van der Waals surface area contributed by atoms with Gasteiger partial charge in [-0.15, -0.1) is 11.3 Å². The predicted molar refractivity (Wildman–Crippen MR) is 133 cm³/mol. The van der Waals surface area contributed by atoms with Crippen LogP contribution >= 0.6 is 11.3 Å². The molecule has 0 saturated heterocycles. The van der Waals surface area contributed by atoms with Crippen LogP contribution in [0.5, 0.6) is 0 Å². The third kappa shape index (κ3) is 3.29. The second-order valence-corrected chi connectivity index (χ2v) is 8.36. The number of para-hydroxylation sites is 1. The number of benzene rings is 3. The van der Waals surface area contributed by atoms with Gasteiger partial charge in [-0.2, -0.15) is 0 Å². The summed E-state index contributed by atoms with van der Waals surface area (Å²) in [5.41, 5.74) is 6.53. The summed E-state index contributed by atoms with van der Waals surface area (Å²) in [5, 5.41) is 7.79. The maximum absolute atomic E-state index is 4.59. The molecule has 5 heteroatoms. The molecule has 6 rings (SSSR count). The van der Waals surface area contributed by atoms with Gasteiger partial charge in [-0.25, -0.2) is 9.97 Å². The lowest BCUT2D eigenvalue weighted by molar-refractivity contribution is 1.23. The van der Waals surface area contributed by atoms with E-state index in [4.69, 9.17) is 0 Å². The molecule has 0 aliphatic heterocycles. The highest BCUT2D eigenvalue weighted by Gasteiger charge is 2.14. The summed E-state index contributed by atoms with van der Waals surface area (Å²) in [5.74, 6) is 0.788. The van der Waals surface area contributed by atoms with E-state index < -0.39 is 0 Å². The summed E-state index contributed by atoms with van der Waals surface area (Å²) in [6, 6.07) is 29.2. The first-order chi connectivity index (χ1) is 15.9. The van der Waals surface area contributed by atoms with Crippen LogP contribution in [0.25, 0.3) is 43.4 Å². The summed E-state index contributed by atoms with van der Waals surface area (Å²) in [4.78, 5) is 14.6. The topological polar surface area (TPSA) is 50.7 Å². The van der Waals surface area contributed by atoms with Gasteiger partial charge in [0.05, 0.1) is 16.6 Å². The molecule has 0 amide bonds. The monoisotopic (exact) mass is 430 g/mol. The largest absolute Gasteiger partial charge is 0.338 e. The molecule has 1 N–H and O–H groups in total. The maximum Gasteiger partial charge on any atom is 0.143 e. The minimum absolute atomic E-state index is 0.788. The van der Waals surface area contributed by atoms with E-state index in [1.54, 1.807) is 17.7 Å². The van der Waals surface area contributed by atoms with E-state index in [0.717, 1.165) is 43.8 Å². The van der Waals surface area contributed by atoms with Gasteiger partial charge in [0.15, 0.2) is 0 Å². The summed E-state index contributed by atoms with van der Waals surface area (Å²) >= 11 is 1.63. The molecule has 0 saturated carbocycles. The average Bonchev–Trinajstić information content (AvgIpc) is 3.30. The second kappa shape index (κ2) is 7.87. The highest BCUT2D eigenvalue weighted by atomic mass is 32.1. The summed E-state index contributed by atoms with van der Waals surface area (Å²) in [6.45, 7) is 0. The molecule has 0 fully saturated rings. The Labute approximate surface area is 189 Å². The fourth-order valence-corrected chi connectivity index (χ4v) is 4.90. The predicted octanol–water partition coefficient (Wildman–Crippen LogP) is 7.32. The molecular formula is C27H18N4S. The minimum Gasteiger partial charge on any atom is -0.338 e. The first-order valence-corrected chi connectivity index (χ1v) is 11.2. The molecular weight excluding hydrogens is 412 g/mol. The molecule has 0 spiro atoms. The highest BCUT2D eigenvalue weighted by molar-refractivity contribution is 7.17. The van der Waals surface area contributed by atoms with Crippen molar-refractivity contribution in [2.75, 3.05) is 5.32 Å². The van der Waals surface area contributed by atoms with E-state index in [0.29, 0.717) is 0 Å². The van der Waals surface area contributed by atoms with Crippen LogP contribution in [-0.2, 0) is 0 Å². The number of anilines is 2. The summed E-state index contributed by atoms with van der Waals surface area (Å²) in [6.07, 6.45) is 3.43. The molecule has 0 radical (unpaired) electrons. The van der Waals surface area contributed by atoms with E-state index in [9.17, 15) is 0 Å². The molecule has 3 aromatic heterocycles. The van der Waals surface area contributed by atoms with Gasteiger partial charge in [-0.3, -0.25) is 4.98 Å². The molecule has 32 heavy (non-hydrogen) atoms. The Kier molecular flexibility index (Phi) is 4.59. The lowest BCUT2D eigenvalue weighted by Crippen LogP contribution is -1.97. The number of hydrogen-bond acceptors (Lipinski definition) is 5. The summed E-state index contributed by atoms with van der Waals surface area (Å²) < 4.78 is 0. The second-order valence-electron chi connectivity index (χ2n) is 7.50. The molecule has 152 valence electrons. The average molecular weight is 431 g/mol. The molecule has 3 aromatic carbocycles. The number of rotatable bonds is 4. The molecule has 0 aliphatic carbocycles. The number of nitrogens with one attached hydrogen (secondary N) is 1. The zero-order chi connectivity index (χ0) is 21.3. The van der Waals surface area contributed by atoms with E-state index in [2.05, 4.69) is 86.3 Å². The van der Waals surface area contributed by atoms with Gasteiger partial charge in [-0.05, 0) is 28.8 Å². The van der Waals surface area contributed by atoms with Crippen molar-refractivity contribution in [3.05, 3.63) is 103 Å². The van der Waals surface area contributed by atoms with E-state index in [1.807, 2.05) is 30.5 Å². The Morgan fingerprint density at radius 2 is 1.44 bits per heavy atom. The van der Waals surface area contributed by atoms with Crippen molar-refractivity contribution < 1.29 is 0 Å². The van der Waals surface area contributed by atoms with Gasteiger partial charge in [0.2, 0.25) is 0 Å². The standard InChI is InChI=1S/C27H18N4S/c1-2-6-18(7-3-1)19-11-13-20(14-12-19)22-16-32-27-24(22)26(29-17-30-27)31-23-10-4-8-21-9-5-15-28-25(21)23/h1-17H,(H,29,30,31). The third-order valence-corrected chi connectivity index (χ3v) is 6.45. The first kappa shape index (κ1) is 18.7. The van der Waals surface area contributed by atoms with Crippen LogP contribution in [0.15, 0.2) is 103 Å². The van der Waals surface area contributed by atoms with Crippen LogP contribution in [0.3, 0.4) is 0 Å². The Morgan fingerprint density at radius 3 is 2.31 bits per heavy atom. The minimum atomic E-state index is 0.788. The van der Waals surface area contributed by atoms with Crippen LogP contribution in [0.4, 0.5) is 11.5 Å². The lowest BCUT2D eigenvalue weighted by atomic mass is 10.0. The molecule has 0 unspecified atom stereocenters. The van der Waals surface area contributed by atoms with Crippen molar-refractivity contribution in [1.82, 2.24) is 15.0 Å². The maximum atomic E-state index is 4.59. The highest BCUT2D eigenvalue weighted by Crippen LogP contribution is 2.38. The Bertz CT molecular complexity index is 1530. The first-order valence-electron chi connectivity index (χ1n) is 10.4. The molecule has 6 aromatic rings. The van der Waals surface area contributed by atoms with Crippen molar-refractivity contribution in [2.45, 2.75) is 0 Å². The number of pyridine rings is 1. The number of hydrogen-bond donors (Lipinski definition) is 1. The normalized spacial score (nSPS) is 11.1. The fraction of sp³-hybridized carbons (Fsp3) is 0. The SMILES string of the molecule is c1ccc(-c2ccc(-c3csc4ncnc(Nc5cccc6cccnc56)c34)cc2)cc1. The van der Waals surface area contributed by atoms with Crippen LogP contribution in [0, 0.1) is 0 Å². The smallest absolute Gasteiger partial charge is 0.143 e. The van der Waals surface area contributed by atoms with Crippen molar-refractivity contribution >= 4 is 44.0 Å². The zero-order valence-corrected chi connectivity index (χ0v) is 17.9. The Hall–Kier alpha value is -4.09. The van der Waals surface area contributed by atoms with E-state index in [1.165, 1.54) is 11.1 Å². The Balaban J connectivity index is 1.43. The molecule has 3 heterocycles. The van der Waals surface area contributed by atoms with Gasteiger partial charge in [0.25, 0.3) is 0 Å². The van der Waals surface area contributed by atoms with Crippen molar-refractivity contribution in [2.24, 2.45) is 0 Å². The van der Waals surface area contributed by atoms with E-state index >= 15 is 0 Å². The summed E-state index contributed by atoms with van der Waals surface area (Å²) in [7, 11) is 0. The van der Waals surface area contributed by atoms with Gasteiger partial charge in [0, 0.05) is 22.5 Å². The van der Waals surface area contributed by atoms with Crippen LogP contribution in [0.1, 0.15) is 0 Å². The number of aromatic nitrogens is 3. The van der Waals surface area contributed by atoms with Crippen molar-refractivity contribution in [1.29, 1.82) is 0 Å². The number of nitrogens with zero attached hydrogens (tertiary/aromatic N) is 3. The number of thiophene rings is 1. The molecule has 0 atom stereocenters. The zero-order valence-electron chi connectivity index (χ0n) is 17.1. The van der Waals surface area contributed by atoms with Crippen molar-refractivity contribution in [3.63, 3.8) is 0 Å². The van der Waals surface area contributed by atoms with Gasteiger partial charge in [0.1, 0.15) is 17.0 Å². The van der Waals surface area contributed by atoms with Crippen molar-refractivity contribution in [3.8, 4) is 22.3 Å². The van der Waals surface area contributed by atoms with Crippen LogP contribution in [0.2, 0.25) is 0 Å². The quantitative estimate of drug-likeness (QED) is 0.318. The molecule has 4 nitrogen and oxygen atoms in total. The van der Waals surface area contributed by atoms with Crippen LogP contribution in [-0.4, -0.2) is 15.0 Å². The van der Waals surface area contributed by atoms with Gasteiger partial charge >= 0.3 is 0 Å². The van der Waals surface area contributed by atoms with Gasteiger partial charge < -0.3 is 5.32 Å².